The van der Waals surface area contributed by atoms with Crippen LogP contribution in [0, 0.1) is 6.92 Å². The molecule has 2 aromatic carbocycles. The monoisotopic (exact) mass is 321 g/mol. The first-order chi connectivity index (χ1) is 9.86. The molecule has 7 heteroatoms. The Hall–Kier alpha value is -1.89. The first-order valence-corrected chi connectivity index (χ1v) is 8.07. The number of nitrogens with two attached hydrogens (primary N) is 1. The number of H-pyrrole nitrogens is 1. The number of hydrogen-bond acceptors (Lipinski definition) is 3. The van der Waals surface area contributed by atoms with Crippen LogP contribution >= 0.6 is 11.6 Å². The van der Waals surface area contributed by atoms with Crippen LogP contribution in [0.15, 0.2) is 41.3 Å². The Balaban J connectivity index is 2.24. The van der Waals surface area contributed by atoms with E-state index in [0.29, 0.717) is 16.9 Å². The smallest absolute Gasteiger partial charge is 0.239 e. The van der Waals surface area contributed by atoms with E-state index >= 15 is 0 Å². The minimum atomic E-state index is -3.87. The maximum atomic E-state index is 11.5. The van der Waals surface area contributed by atoms with Crippen molar-refractivity contribution >= 4 is 32.7 Å². The summed E-state index contributed by atoms with van der Waals surface area (Å²) < 4.78 is 23.0. The molecule has 0 amide bonds. The number of hydrogen-bond donors (Lipinski definition) is 2. The Kier molecular flexibility index (Phi) is 3.24. The van der Waals surface area contributed by atoms with E-state index < -0.39 is 10.0 Å². The van der Waals surface area contributed by atoms with Crippen molar-refractivity contribution in [2.45, 2.75) is 11.8 Å². The van der Waals surface area contributed by atoms with Gasteiger partial charge in [-0.3, -0.25) is 0 Å². The number of nitrogens with one attached hydrogen (secondary N) is 1. The Morgan fingerprint density at radius 1 is 1.24 bits per heavy atom. The van der Waals surface area contributed by atoms with Crippen LogP contribution < -0.4 is 5.14 Å². The van der Waals surface area contributed by atoms with Crippen molar-refractivity contribution in [1.82, 2.24) is 9.97 Å². The average molecular weight is 322 g/mol. The number of imidazole rings is 1. The molecule has 3 aromatic rings. The van der Waals surface area contributed by atoms with Crippen LogP contribution in [-0.4, -0.2) is 18.4 Å². The molecule has 5 nitrogen and oxygen atoms in total. The van der Waals surface area contributed by atoms with Crippen LogP contribution in [0.5, 0.6) is 0 Å². The fourth-order valence-corrected chi connectivity index (χ4v) is 3.29. The summed E-state index contributed by atoms with van der Waals surface area (Å²) >= 11 is 5.96. The molecule has 1 heterocycles. The maximum Gasteiger partial charge on any atom is 0.239 e. The Bertz CT molecular complexity index is 948. The lowest BCUT2D eigenvalue weighted by atomic mass is 10.1. The average Bonchev–Trinajstić information content (AvgIpc) is 2.79. The van der Waals surface area contributed by atoms with Gasteiger partial charge in [-0.15, -0.1) is 0 Å². The van der Waals surface area contributed by atoms with Gasteiger partial charge in [-0.2, -0.15) is 0 Å². The summed E-state index contributed by atoms with van der Waals surface area (Å²) in [6.45, 7) is 1.98. The summed E-state index contributed by atoms with van der Waals surface area (Å²) in [5.74, 6) is 0.658. The zero-order valence-corrected chi connectivity index (χ0v) is 12.7. The lowest BCUT2D eigenvalue weighted by Gasteiger charge is -2.00. The van der Waals surface area contributed by atoms with Crippen molar-refractivity contribution in [2.75, 3.05) is 0 Å². The summed E-state index contributed by atoms with van der Waals surface area (Å²) in [6.07, 6.45) is 0. The van der Waals surface area contributed by atoms with Crippen molar-refractivity contribution in [3.8, 4) is 11.4 Å². The molecule has 0 radical (unpaired) electrons. The number of fused-ring (bicyclic) bond motifs is 1. The Morgan fingerprint density at radius 3 is 2.62 bits per heavy atom. The van der Waals surface area contributed by atoms with Gasteiger partial charge in [0.15, 0.2) is 0 Å². The molecule has 0 saturated heterocycles. The van der Waals surface area contributed by atoms with E-state index in [9.17, 15) is 8.42 Å². The van der Waals surface area contributed by atoms with Crippen molar-refractivity contribution in [3.05, 3.63) is 47.0 Å². The van der Waals surface area contributed by atoms with Gasteiger partial charge in [-0.1, -0.05) is 35.9 Å². The second kappa shape index (κ2) is 4.84. The van der Waals surface area contributed by atoms with E-state index in [1.54, 1.807) is 0 Å². The number of aryl methyl sites for hydroxylation is 1. The first kappa shape index (κ1) is 14.1. The minimum absolute atomic E-state index is 0.0628. The standard InChI is InChI=1S/C14H12ClN3O2S/c1-8-4-2-3-5-9(8)14-17-11-6-10(15)13(21(16,19)20)7-12(11)18-14/h2-7H,1H3,(H,17,18)(H2,16,19,20). The highest BCUT2D eigenvalue weighted by atomic mass is 35.5. The van der Waals surface area contributed by atoms with E-state index in [4.69, 9.17) is 16.7 Å². The largest absolute Gasteiger partial charge is 0.338 e. The number of aromatic nitrogens is 2. The third kappa shape index (κ3) is 2.53. The van der Waals surface area contributed by atoms with Gasteiger partial charge in [-0.05, 0) is 24.6 Å². The van der Waals surface area contributed by atoms with E-state index in [2.05, 4.69) is 9.97 Å². The molecule has 0 bridgehead atoms. The normalized spacial score (nSPS) is 12.0. The lowest BCUT2D eigenvalue weighted by molar-refractivity contribution is 0.598. The van der Waals surface area contributed by atoms with Crippen molar-refractivity contribution in [3.63, 3.8) is 0 Å². The second-order valence-corrected chi connectivity index (χ2v) is 6.68. The third-order valence-electron chi connectivity index (χ3n) is 3.24. The predicted octanol–water partition coefficient (Wildman–Crippen LogP) is 2.84. The van der Waals surface area contributed by atoms with E-state index in [1.165, 1.54) is 12.1 Å². The molecule has 0 aliphatic rings. The topological polar surface area (TPSA) is 88.8 Å². The van der Waals surface area contributed by atoms with Gasteiger partial charge < -0.3 is 4.98 Å². The summed E-state index contributed by atoms with van der Waals surface area (Å²) in [5.41, 5.74) is 3.17. The van der Waals surface area contributed by atoms with Gasteiger partial charge in [0.1, 0.15) is 10.7 Å². The van der Waals surface area contributed by atoms with Crippen molar-refractivity contribution < 1.29 is 8.42 Å². The van der Waals surface area contributed by atoms with Crippen LogP contribution in [-0.2, 0) is 10.0 Å². The molecule has 0 atom stereocenters. The number of sulfonamides is 1. The number of aromatic amines is 1. The summed E-state index contributed by atoms with van der Waals surface area (Å²) in [5, 5.41) is 5.21. The summed E-state index contributed by atoms with van der Waals surface area (Å²) in [7, 11) is -3.87. The molecule has 1 aromatic heterocycles. The molecule has 21 heavy (non-hydrogen) atoms. The van der Waals surface area contributed by atoms with E-state index in [1.807, 2.05) is 31.2 Å². The zero-order chi connectivity index (χ0) is 15.2. The zero-order valence-electron chi connectivity index (χ0n) is 11.1. The van der Waals surface area contributed by atoms with Gasteiger partial charge in [-0.25, -0.2) is 18.5 Å². The number of benzene rings is 2. The Morgan fingerprint density at radius 2 is 1.95 bits per heavy atom. The first-order valence-electron chi connectivity index (χ1n) is 6.14. The van der Waals surface area contributed by atoms with Crippen molar-refractivity contribution in [1.29, 1.82) is 0 Å². The quantitative estimate of drug-likeness (QED) is 0.760. The van der Waals surface area contributed by atoms with Crippen LogP contribution in [0.25, 0.3) is 22.4 Å². The van der Waals surface area contributed by atoms with Gasteiger partial charge in [0.25, 0.3) is 0 Å². The molecule has 3 rings (SSSR count). The van der Waals surface area contributed by atoms with Crippen LogP contribution in [0.1, 0.15) is 5.56 Å². The fraction of sp³-hybridized carbons (Fsp3) is 0.0714. The maximum absolute atomic E-state index is 11.5. The van der Waals surface area contributed by atoms with Gasteiger partial charge in [0, 0.05) is 5.56 Å². The molecule has 0 saturated carbocycles. The second-order valence-electron chi connectivity index (χ2n) is 4.75. The van der Waals surface area contributed by atoms with E-state index in [0.717, 1.165) is 11.1 Å². The Labute approximate surface area is 126 Å². The number of rotatable bonds is 2. The molecule has 0 aliphatic carbocycles. The molecular formula is C14H12ClN3O2S. The minimum Gasteiger partial charge on any atom is -0.338 e. The molecule has 0 spiro atoms. The van der Waals surface area contributed by atoms with Gasteiger partial charge >= 0.3 is 0 Å². The molecular weight excluding hydrogens is 310 g/mol. The lowest BCUT2D eigenvalue weighted by Crippen LogP contribution is -2.12. The summed E-state index contributed by atoms with van der Waals surface area (Å²) in [6, 6.07) is 10.7. The van der Waals surface area contributed by atoms with Crippen molar-refractivity contribution in [2.24, 2.45) is 5.14 Å². The highest BCUT2D eigenvalue weighted by Crippen LogP contribution is 2.28. The van der Waals surface area contributed by atoms with Gasteiger partial charge in [0.2, 0.25) is 10.0 Å². The van der Waals surface area contributed by atoms with Crippen LogP contribution in [0.3, 0.4) is 0 Å². The highest BCUT2D eigenvalue weighted by Gasteiger charge is 2.16. The molecule has 0 fully saturated rings. The van der Waals surface area contributed by atoms with Crippen LogP contribution in [0.2, 0.25) is 5.02 Å². The molecule has 3 N–H and O–H groups in total. The van der Waals surface area contributed by atoms with E-state index in [-0.39, 0.29) is 9.92 Å². The summed E-state index contributed by atoms with van der Waals surface area (Å²) in [4.78, 5) is 7.44. The number of nitrogens with zero attached hydrogens (tertiary/aromatic N) is 1. The third-order valence-corrected chi connectivity index (χ3v) is 4.62. The van der Waals surface area contributed by atoms with Crippen LogP contribution in [0.4, 0.5) is 0 Å². The predicted molar refractivity (Wildman–Crippen MR) is 82.6 cm³/mol. The SMILES string of the molecule is Cc1ccccc1-c1nc2cc(Cl)c(S(N)(=O)=O)cc2[nH]1. The highest BCUT2D eigenvalue weighted by molar-refractivity contribution is 7.89. The molecule has 108 valence electrons. The fourth-order valence-electron chi connectivity index (χ4n) is 2.20. The molecule has 0 aliphatic heterocycles. The molecule has 0 unspecified atom stereocenters. The number of halogens is 1. The van der Waals surface area contributed by atoms with Gasteiger partial charge in [0.05, 0.1) is 16.1 Å². The number of primary sulfonamides is 1.